The highest BCUT2D eigenvalue weighted by atomic mass is 32.2. The summed E-state index contributed by atoms with van der Waals surface area (Å²) in [4.78, 5) is 14.5. The fraction of sp³-hybridized carbons (Fsp3) is 0.350. The lowest BCUT2D eigenvalue weighted by Crippen LogP contribution is -2.38. The second-order valence-electron chi connectivity index (χ2n) is 6.24. The van der Waals surface area contributed by atoms with Crippen molar-refractivity contribution in [2.75, 3.05) is 5.75 Å². The molecular weight excluding hydrogens is 369 g/mol. The summed E-state index contributed by atoms with van der Waals surface area (Å²) in [5.41, 5.74) is 0.827. The van der Waals surface area contributed by atoms with Gasteiger partial charge in [-0.2, -0.15) is 8.42 Å². The van der Waals surface area contributed by atoms with E-state index in [-0.39, 0.29) is 35.6 Å². The molecule has 27 heavy (non-hydrogen) atoms. The van der Waals surface area contributed by atoms with Gasteiger partial charge in [-0.05, 0) is 50.1 Å². The molecule has 0 bridgehead atoms. The van der Waals surface area contributed by atoms with Crippen molar-refractivity contribution in [1.29, 1.82) is 0 Å². The number of hydrogen-bond acceptors (Lipinski definition) is 4. The number of nitrogens with zero attached hydrogens (tertiary/aromatic N) is 1. The molecule has 0 aromatic heterocycles. The Kier molecular flexibility index (Phi) is 6.96. The Morgan fingerprint density at radius 2 is 1.74 bits per heavy atom. The van der Waals surface area contributed by atoms with Gasteiger partial charge in [-0.15, -0.1) is 0 Å². The van der Waals surface area contributed by atoms with Crippen LogP contribution in [0.4, 0.5) is 4.39 Å². The van der Waals surface area contributed by atoms with E-state index in [1.165, 1.54) is 19.1 Å². The molecule has 146 valence electrons. The molecule has 0 aliphatic carbocycles. The zero-order valence-electron chi connectivity index (χ0n) is 15.7. The first-order valence-electron chi connectivity index (χ1n) is 8.84. The number of carbonyl (C=O) groups excluding carboxylic acids is 1. The minimum Gasteiger partial charge on any atom is -0.382 e. The van der Waals surface area contributed by atoms with Crippen LogP contribution in [0.15, 0.2) is 48.5 Å². The number of halogens is 1. The van der Waals surface area contributed by atoms with E-state index < -0.39 is 15.9 Å². The summed E-state index contributed by atoms with van der Waals surface area (Å²) >= 11 is 0. The van der Waals surface area contributed by atoms with E-state index in [0.29, 0.717) is 0 Å². The standard InChI is InChI=1S/C20H24FNO4S/c1-4-15(3)22(20(23)18-8-6-7-9-19(18)21)14-16-10-12-17(13-11-16)26-27(24,25)5-2/h6-13,15H,4-5,14H2,1-3H3/t15-/m1/s1. The molecule has 0 saturated heterocycles. The van der Waals surface area contributed by atoms with Crippen molar-refractivity contribution in [3.8, 4) is 5.75 Å². The van der Waals surface area contributed by atoms with E-state index in [2.05, 4.69) is 0 Å². The Labute approximate surface area is 159 Å². The van der Waals surface area contributed by atoms with Crippen LogP contribution in [0.2, 0.25) is 0 Å². The van der Waals surface area contributed by atoms with Crippen molar-refractivity contribution in [1.82, 2.24) is 4.90 Å². The van der Waals surface area contributed by atoms with E-state index >= 15 is 0 Å². The number of benzene rings is 2. The van der Waals surface area contributed by atoms with Crippen LogP contribution in [0.3, 0.4) is 0 Å². The summed E-state index contributed by atoms with van der Waals surface area (Å²) in [7, 11) is -3.59. The predicted octanol–water partition coefficient (Wildman–Crippen LogP) is 4.00. The quantitative estimate of drug-likeness (QED) is 0.636. The fourth-order valence-corrected chi connectivity index (χ4v) is 3.01. The van der Waals surface area contributed by atoms with Crippen molar-refractivity contribution < 1.29 is 21.8 Å². The van der Waals surface area contributed by atoms with Gasteiger partial charge in [0.05, 0.1) is 11.3 Å². The van der Waals surface area contributed by atoms with Crippen LogP contribution in [-0.4, -0.2) is 31.0 Å². The van der Waals surface area contributed by atoms with Crippen molar-refractivity contribution >= 4 is 16.0 Å². The molecule has 5 nitrogen and oxygen atoms in total. The average molecular weight is 393 g/mol. The molecule has 0 unspecified atom stereocenters. The second-order valence-corrected chi connectivity index (χ2v) is 8.10. The number of rotatable bonds is 8. The largest absolute Gasteiger partial charge is 0.382 e. The molecule has 1 amide bonds. The lowest BCUT2D eigenvalue weighted by Gasteiger charge is -2.29. The molecule has 0 fully saturated rings. The van der Waals surface area contributed by atoms with Crippen molar-refractivity contribution in [2.24, 2.45) is 0 Å². The lowest BCUT2D eigenvalue weighted by molar-refractivity contribution is 0.0666. The second kappa shape index (κ2) is 8.99. The fourth-order valence-electron chi connectivity index (χ4n) is 2.49. The molecule has 0 aliphatic heterocycles. The Morgan fingerprint density at radius 3 is 2.30 bits per heavy atom. The third-order valence-electron chi connectivity index (χ3n) is 4.34. The molecule has 1 atom stereocenters. The summed E-state index contributed by atoms with van der Waals surface area (Å²) in [5, 5.41) is 0. The van der Waals surface area contributed by atoms with Gasteiger partial charge >= 0.3 is 10.1 Å². The molecular formula is C20H24FNO4S. The van der Waals surface area contributed by atoms with E-state index in [9.17, 15) is 17.6 Å². The van der Waals surface area contributed by atoms with Crippen LogP contribution in [-0.2, 0) is 16.7 Å². The molecule has 0 aliphatic rings. The number of hydrogen-bond donors (Lipinski definition) is 0. The lowest BCUT2D eigenvalue weighted by atomic mass is 10.1. The summed E-state index contributed by atoms with van der Waals surface area (Å²) < 4.78 is 42.0. The summed E-state index contributed by atoms with van der Waals surface area (Å²) in [6, 6.07) is 12.3. The maximum Gasteiger partial charge on any atom is 0.308 e. The van der Waals surface area contributed by atoms with Crippen LogP contribution >= 0.6 is 0 Å². The van der Waals surface area contributed by atoms with Crippen molar-refractivity contribution in [3.63, 3.8) is 0 Å². The van der Waals surface area contributed by atoms with Crippen molar-refractivity contribution in [3.05, 3.63) is 65.5 Å². The molecule has 0 heterocycles. The molecule has 0 radical (unpaired) electrons. The first-order chi connectivity index (χ1) is 12.8. The van der Waals surface area contributed by atoms with Gasteiger partial charge in [-0.25, -0.2) is 4.39 Å². The molecule has 0 saturated carbocycles. The molecule has 2 aromatic carbocycles. The van der Waals surface area contributed by atoms with Gasteiger partial charge < -0.3 is 9.08 Å². The van der Waals surface area contributed by atoms with Gasteiger partial charge in [0.1, 0.15) is 11.6 Å². The third kappa shape index (κ3) is 5.53. The van der Waals surface area contributed by atoms with Gasteiger partial charge in [0.25, 0.3) is 5.91 Å². The zero-order chi connectivity index (χ0) is 20.0. The Hall–Kier alpha value is -2.41. The van der Waals surface area contributed by atoms with E-state index in [0.717, 1.165) is 12.0 Å². The summed E-state index contributed by atoms with van der Waals surface area (Å²) in [5.74, 6) is -0.829. The maximum atomic E-state index is 14.0. The van der Waals surface area contributed by atoms with E-state index in [4.69, 9.17) is 4.18 Å². The highest BCUT2D eigenvalue weighted by Crippen LogP contribution is 2.20. The summed E-state index contributed by atoms with van der Waals surface area (Å²) in [6.07, 6.45) is 0.718. The van der Waals surface area contributed by atoms with Gasteiger partial charge in [0.2, 0.25) is 0 Å². The zero-order valence-corrected chi connectivity index (χ0v) is 16.5. The Balaban J connectivity index is 2.22. The number of amides is 1. The van der Waals surface area contributed by atoms with Crippen LogP contribution < -0.4 is 4.18 Å². The molecule has 2 rings (SSSR count). The third-order valence-corrected chi connectivity index (χ3v) is 5.49. The normalized spacial score (nSPS) is 12.4. The molecule has 0 spiro atoms. The molecule has 7 heteroatoms. The van der Waals surface area contributed by atoms with Gasteiger partial charge in [0.15, 0.2) is 0 Å². The minimum absolute atomic E-state index is 0.0341. The maximum absolute atomic E-state index is 14.0. The SMILES string of the molecule is CC[C@@H](C)N(Cc1ccc(OS(=O)(=O)CC)cc1)C(=O)c1ccccc1F. The highest BCUT2D eigenvalue weighted by Gasteiger charge is 2.23. The predicted molar refractivity (Wildman–Crippen MR) is 103 cm³/mol. The van der Waals surface area contributed by atoms with Crippen molar-refractivity contribution in [2.45, 2.75) is 39.8 Å². The first-order valence-corrected chi connectivity index (χ1v) is 10.4. The van der Waals surface area contributed by atoms with Crippen LogP contribution in [0.1, 0.15) is 43.1 Å². The monoisotopic (exact) mass is 393 g/mol. The summed E-state index contributed by atoms with van der Waals surface area (Å²) in [6.45, 7) is 5.65. The topological polar surface area (TPSA) is 63.7 Å². The van der Waals surface area contributed by atoms with Gasteiger partial charge in [0, 0.05) is 12.6 Å². The van der Waals surface area contributed by atoms with Gasteiger partial charge in [-0.1, -0.05) is 31.2 Å². The molecule has 0 N–H and O–H groups in total. The Bertz CT molecular complexity index is 881. The van der Waals surface area contributed by atoms with Crippen LogP contribution in [0.25, 0.3) is 0 Å². The van der Waals surface area contributed by atoms with Gasteiger partial charge in [-0.3, -0.25) is 4.79 Å². The minimum atomic E-state index is -3.59. The van der Waals surface area contributed by atoms with E-state index in [1.54, 1.807) is 41.3 Å². The van der Waals surface area contributed by atoms with E-state index in [1.807, 2.05) is 13.8 Å². The first kappa shape index (κ1) is 20.9. The van der Waals surface area contributed by atoms with Crippen LogP contribution in [0.5, 0.6) is 5.75 Å². The highest BCUT2D eigenvalue weighted by molar-refractivity contribution is 7.87. The smallest absolute Gasteiger partial charge is 0.308 e. The average Bonchev–Trinajstić information content (AvgIpc) is 2.66. The Morgan fingerprint density at radius 1 is 1.11 bits per heavy atom. The number of carbonyl (C=O) groups is 1. The van der Waals surface area contributed by atoms with Crippen LogP contribution in [0, 0.1) is 5.82 Å². The molecule has 2 aromatic rings.